The van der Waals surface area contributed by atoms with Crippen LogP contribution in [0.15, 0.2) is 30.3 Å². The highest BCUT2D eigenvalue weighted by atomic mass is 127. The van der Waals surface area contributed by atoms with Crippen molar-refractivity contribution >= 4 is 28.4 Å². The van der Waals surface area contributed by atoms with Crippen molar-refractivity contribution in [2.75, 3.05) is 19.8 Å². The second-order valence-electron chi connectivity index (χ2n) is 5.57. The number of carbonyl (C=O) groups excluding carboxylic acids is 1. The van der Waals surface area contributed by atoms with Crippen molar-refractivity contribution in [2.24, 2.45) is 0 Å². The Kier molecular flexibility index (Phi) is 7.56. The van der Waals surface area contributed by atoms with Crippen molar-refractivity contribution in [3.05, 3.63) is 68.0 Å². The lowest BCUT2D eigenvalue weighted by Crippen LogP contribution is -2.22. The summed E-state index contributed by atoms with van der Waals surface area (Å²) in [6.45, 7) is -1.31. The largest absolute Gasteiger partial charge is 0.394 e. The Morgan fingerprint density at radius 3 is 2.54 bits per heavy atom. The molecule has 0 aromatic heterocycles. The first-order chi connectivity index (χ1) is 12.3. The van der Waals surface area contributed by atoms with Crippen LogP contribution in [0.1, 0.15) is 21.5 Å². The Bertz CT molecular complexity index is 798. The van der Waals surface area contributed by atoms with Gasteiger partial charge in [0.05, 0.1) is 13.2 Å². The summed E-state index contributed by atoms with van der Waals surface area (Å²) in [7, 11) is 0. The number of aliphatic hydroxyl groups is 2. The Labute approximate surface area is 161 Å². The Balaban J connectivity index is 2.27. The van der Waals surface area contributed by atoms with Gasteiger partial charge in [0, 0.05) is 21.1 Å². The molecule has 0 heterocycles. The maximum absolute atomic E-state index is 14.3. The number of aliphatic hydroxyl groups excluding tert-OH is 2. The highest BCUT2D eigenvalue weighted by Gasteiger charge is 2.20. The summed E-state index contributed by atoms with van der Waals surface area (Å²) >= 11 is 1.92. The van der Waals surface area contributed by atoms with Crippen LogP contribution in [-0.2, 0) is 11.2 Å². The third-order valence-electron chi connectivity index (χ3n) is 3.63. The number of hydrogen-bond acceptors (Lipinski definition) is 4. The molecule has 2 N–H and O–H groups in total. The van der Waals surface area contributed by atoms with Crippen molar-refractivity contribution in [1.29, 1.82) is 0 Å². The fourth-order valence-corrected chi connectivity index (χ4v) is 2.75. The molecule has 140 valence electrons. The Morgan fingerprint density at radius 1 is 1.15 bits per heavy atom. The van der Waals surface area contributed by atoms with Crippen LogP contribution in [0, 0.1) is 21.0 Å². The van der Waals surface area contributed by atoms with Crippen LogP contribution in [0.2, 0.25) is 0 Å². The lowest BCUT2D eigenvalue weighted by molar-refractivity contribution is 0.00893. The van der Waals surface area contributed by atoms with E-state index in [1.165, 1.54) is 12.1 Å². The average Bonchev–Trinajstić information content (AvgIpc) is 2.60. The summed E-state index contributed by atoms with van der Waals surface area (Å²) in [4.78, 5) is 12.3. The summed E-state index contributed by atoms with van der Waals surface area (Å²) in [5, 5.41) is 17.9. The minimum atomic E-state index is -1.22. The van der Waals surface area contributed by atoms with Crippen LogP contribution in [0.5, 0.6) is 0 Å². The molecule has 0 amide bonds. The third-order valence-corrected chi connectivity index (χ3v) is 4.30. The van der Waals surface area contributed by atoms with E-state index in [0.717, 1.165) is 12.1 Å². The molecular formula is C18H16F3IO4. The monoisotopic (exact) mass is 480 g/mol. The molecule has 0 radical (unpaired) electrons. The van der Waals surface area contributed by atoms with Crippen molar-refractivity contribution in [1.82, 2.24) is 0 Å². The number of benzene rings is 2. The van der Waals surface area contributed by atoms with Gasteiger partial charge in [0.25, 0.3) is 0 Å². The fraction of sp³-hybridized carbons (Fsp3) is 0.278. The van der Waals surface area contributed by atoms with Crippen LogP contribution >= 0.6 is 22.6 Å². The maximum atomic E-state index is 14.3. The van der Waals surface area contributed by atoms with Gasteiger partial charge in [0.15, 0.2) is 17.4 Å². The molecule has 1 atom stereocenters. The summed E-state index contributed by atoms with van der Waals surface area (Å²) in [6, 6.07) is 6.26. The zero-order chi connectivity index (χ0) is 19.3. The second kappa shape index (κ2) is 9.45. The van der Waals surface area contributed by atoms with Crippen LogP contribution in [0.4, 0.5) is 13.2 Å². The molecule has 2 rings (SSSR count). The van der Waals surface area contributed by atoms with E-state index >= 15 is 0 Å². The smallest absolute Gasteiger partial charge is 0.188 e. The molecule has 0 saturated carbocycles. The molecule has 26 heavy (non-hydrogen) atoms. The number of halogens is 4. The Morgan fingerprint density at radius 2 is 1.88 bits per heavy atom. The molecule has 0 unspecified atom stereocenters. The van der Waals surface area contributed by atoms with E-state index < -0.39 is 42.6 Å². The predicted molar refractivity (Wildman–Crippen MR) is 96.5 cm³/mol. The van der Waals surface area contributed by atoms with E-state index in [1.54, 1.807) is 6.07 Å². The van der Waals surface area contributed by atoms with Crippen LogP contribution < -0.4 is 0 Å². The number of Topliss-reactive ketones (excluding diaryl/α,β-unsaturated/α-hetero) is 1. The number of hydrogen-bond donors (Lipinski definition) is 2. The molecule has 2 aromatic rings. The number of carbonyl (C=O) groups is 1. The van der Waals surface area contributed by atoms with Gasteiger partial charge in [0.1, 0.15) is 18.5 Å². The van der Waals surface area contributed by atoms with E-state index in [9.17, 15) is 23.1 Å². The topological polar surface area (TPSA) is 66.8 Å². The van der Waals surface area contributed by atoms with Crippen molar-refractivity contribution in [3.8, 4) is 0 Å². The molecule has 0 aliphatic carbocycles. The van der Waals surface area contributed by atoms with Gasteiger partial charge >= 0.3 is 0 Å². The predicted octanol–water partition coefficient (Wildman–Crippen LogP) is 2.85. The minimum Gasteiger partial charge on any atom is -0.394 e. The van der Waals surface area contributed by atoms with Crippen LogP contribution in [0.25, 0.3) is 0 Å². The molecular weight excluding hydrogens is 464 g/mol. The lowest BCUT2D eigenvalue weighted by atomic mass is 9.96. The zero-order valence-corrected chi connectivity index (χ0v) is 15.7. The fourth-order valence-electron chi connectivity index (χ4n) is 2.30. The molecule has 0 aliphatic heterocycles. The third kappa shape index (κ3) is 5.26. The first-order valence-electron chi connectivity index (χ1n) is 7.64. The van der Waals surface area contributed by atoms with Gasteiger partial charge in [-0.2, -0.15) is 0 Å². The standard InChI is InChI=1S/C18H16F3IO4/c19-15-4-3-13(17(25)9-26-8-12(24)7-23)14(18(15)21)5-10-1-2-11(22)6-16(10)20/h1-4,6,12,23-24H,5,7-9H2/t12-/m1/s1. The van der Waals surface area contributed by atoms with E-state index in [4.69, 9.17) is 9.84 Å². The van der Waals surface area contributed by atoms with Gasteiger partial charge in [-0.1, -0.05) is 6.07 Å². The molecule has 0 spiro atoms. The first-order valence-corrected chi connectivity index (χ1v) is 8.72. The number of rotatable bonds is 8. The summed E-state index contributed by atoms with van der Waals surface area (Å²) in [5.41, 5.74) is -0.262. The maximum Gasteiger partial charge on any atom is 0.188 e. The van der Waals surface area contributed by atoms with E-state index in [-0.39, 0.29) is 29.7 Å². The van der Waals surface area contributed by atoms with Crippen LogP contribution in [-0.4, -0.2) is 41.9 Å². The SMILES string of the molecule is O=C(COC[C@H](O)CO)c1ccc(F)c(F)c1Cc1ccc(I)cc1F. The molecule has 0 aliphatic rings. The van der Waals surface area contributed by atoms with Gasteiger partial charge in [-0.05, 0) is 52.4 Å². The molecule has 0 bridgehead atoms. The summed E-state index contributed by atoms with van der Waals surface area (Å²) < 4.78 is 47.5. The normalized spacial score (nSPS) is 12.2. The highest BCUT2D eigenvalue weighted by Crippen LogP contribution is 2.23. The average molecular weight is 480 g/mol. The van der Waals surface area contributed by atoms with E-state index in [2.05, 4.69) is 0 Å². The lowest BCUT2D eigenvalue weighted by Gasteiger charge is -2.13. The van der Waals surface area contributed by atoms with Gasteiger partial charge < -0.3 is 14.9 Å². The molecule has 0 fully saturated rings. The summed E-state index contributed by atoms with van der Waals surface area (Å²) in [6.07, 6.45) is -1.44. The molecule has 4 nitrogen and oxygen atoms in total. The molecule has 2 aromatic carbocycles. The quantitative estimate of drug-likeness (QED) is 0.451. The highest BCUT2D eigenvalue weighted by molar-refractivity contribution is 14.1. The zero-order valence-electron chi connectivity index (χ0n) is 13.5. The molecule has 0 saturated heterocycles. The van der Waals surface area contributed by atoms with Crippen molar-refractivity contribution in [3.63, 3.8) is 0 Å². The summed E-state index contributed by atoms with van der Waals surface area (Å²) in [5.74, 6) is -3.58. The number of ether oxygens (including phenoxy) is 1. The van der Waals surface area contributed by atoms with E-state index in [1.807, 2.05) is 22.6 Å². The molecule has 8 heteroatoms. The van der Waals surface area contributed by atoms with Gasteiger partial charge in [-0.25, -0.2) is 13.2 Å². The Hall–Kier alpha value is -1.49. The van der Waals surface area contributed by atoms with Gasteiger partial charge in [-0.3, -0.25) is 4.79 Å². The first kappa shape index (κ1) is 20.8. The number of ketones is 1. The van der Waals surface area contributed by atoms with Gasteiger partial charge in [-0.15, -0.1) is 0 Å². The van der Waals surface area contributed by atoms with Crippen molar-refractivity contribution < 1.29 is 32.9 Å². The van der Waals surface area contributed by atoms with Crippen molar-refractivity contribution in [2.45, 2.75) is 12.5 Å². The van der Waals surface area contributed by atoms with Gasteiger partial charge in [0.2, 0.25) is 0 Å². The second-order valence-corrected chi connectivity index (χ2v) is 6.82. The van der Waals surface area contributed by atoms with Crippen LogP contribution in [0.3, 0.4) is 0 Å². The minimum absolute atomic E-state index is 0.125. The van der Waals surface area contributed by atoms with E-state index in [0.29, 0.717) is 3.57 Å².